The maximum absolute atomic E-state index is 9.42. The van der Waals surface area contributed by atoms with Gasteiger partial charge in [0, 0.05) is 24.0 Å². The third-order valence-corrected chi connectivity index (χ3v) is 6.29. The molecule has 0 aliphatic carbocycles. The Labute approximate surface area is 194 Å². The molecule has 0 amide bonds. The van der Waals surface area contributed by atoms with Crippen LogP contribution in [0, 0.1) is 11.3 Å². The predicted octanol–water partition coefficient (Wildman–Crippen LogP) is 6.21. The number of nitrogens with zero attached hydrogens (tertiary/aromatic N) is 4. The molecule has 33 heavy (non-hydrogen) atoms. The minimum absolute atomic E-state index is 0.0444. The molecule has 5 nitrogen and oxygen atoms in total. The number of hydrogen-bond donors (Lipinski definition) is 0. The zero-order chi connectivity index (χ0) is 22.8. The van der Waals surface area contributed by atoms with Gasteiger partial charge in [0.25, 0.3) is 0 Å². The molecule has 4 aromatic rings. The van der Waals surface area contributed by atoms with Crippen molar-refractivity contribution in [3.63, 3.8) is 0 Å². The van der Waals surface area contributed by atoms with Gasteiger partial charge in [-0.15, -0.1) is 0 Å². The van der Waals surface area contributed by atoms with Crippen LogP contribution in [0.2, 0.25) is 0 Å². The fraction of sp³-hybridized carbons (Fsp3) is 0.214. The Bertz CT molecular complexity index is 1350. The number of aromatic nitrogens is 2. The van der Waals surface area contributed by atoms with Crippen molar-refractivity contribution in [1.82, 2.24) is 9.55 Å². The zero-order valence-electron chi connectivity index (χ0n) is 18.7. The van der Waals surface area contributed by atoms with Crippen molar-refractivity contribution in [3.05, 3.63) is 102 Å². The molecule has 0 bridgehead atoms. The second kappa shape index (κ2) is 8.84. The summed E-state index contributed by atoms with van der Waals surface area (Å²) in [6.07, 6.45) is 2.17. The Hall–Kier alpha value is -4.04. The highest BCUT2D eigenvalue weighted by atomic mass is 16.5. The van der Waals surface area contributed by atoms with Crippen LogP contribution in [0.25, 0.3) is 11.0 Å². The predicted molar refractivity (Wildman–Crippen MR) is 131 cm³/mol. The van der Waals surface area contributed by atoms with E-state index >= 15 is 0 Å². The van der Waals surface area contributed by atoms with E-state index in [9.17, 15) is 5.26 Å². The number of hydrogen-bond acceptors (Lipinski definition) is 4. The van der Waals surface area contributed by atoms with Gasteiger partial charge in [-0.3, -0.25) is 0 Å². The van der Waals surface area contributed by atoms with Crippen molar-refractivity contribution in [1.29, 1.82) is 5.26 Å². The minimum atomic E-state index is 0.0444. The molecule has 0 unspecified atom stereocenters. The summed E-state index contributed by atoms with van der Waals surface area (Å²) in [6, 6.07) is 26.4. The van der Waals surface area contributed by atoms with Crippen LogP contribution in [-0.2, 0) is 6.61 Å². The van der Waals surface area contributed by atoms with Crippen molar-refractivity contribution in [2.75, 3.05) is 11.4 Å². The smallest absolute Gasteiger partial charge is 0.148 e. The fourth-order valence-electron chi connectivity index (χ4n) is 4.56. The number of rotatable bonds is 6. The van der Waals surface area contributed by atoms with E-state index in [0.29, 0.717) is 12.2 Å². The molecule has 1 aromatic heterocycles. The van der Waals surface area contributed by atoms with Gasteiger partial charge in [-0.05, 0) is 55.7 Å². The lowest BCUT2D eigenvalue weighted by atomic mass is 10.1. The first-order chi connectivity index (χ1) is 16.1. The van der Waals surface area contributed by atoms with Crippen molar-refractivity contribution < 1.29 is 4.74 Å². The number of fused-ring (bicyclic) bond motifs is 1. The zero-order valence-corrected chi connectivity index (χ0v) is 18.7. The lowest BCUT2D eigenvalue weighted by Gasteiger charge is -2.21. The Morgan fingerprint density at radius 3 is 2.70 bits per heavy atom. The average Bonchev–Trinajstić information content (AvgIpc) is 3.45. The lowest BCUT2D eigenvalue weighted by molar-refractivity contribution is 0.288. The van der Waals surface area contributed by atoms with E-state index in [4.69, 9.17) is 9.72 Å². The third kappa shape index (κ3) is 4.08. The number of ether oxygens (including phenoxy) is 1. The Balaban J connectivity index is 1.48. The van der Waals surface area contributed by atoms with Gasteiger partial charge in [-0.25, -0.2) is 4.98 Å². The SMILES string of the molecule is C=C1CCCN1c1cccc(OCc2nc3ccc(C#N)cc3n2[C@@H](C)c2ccccc2)c1. The van der Waals surface area contributed by atoms with E-state index < -0.39 is 0 Å². The molecule has 3 aromatic carbocycles. The molecule has 5 heteroatoms. The van der Waals surface area contributed by atoms with E-state index in [-0.39, 0.29) is 6.04 Å². The quantitative estimate of drug-likeness (QED) is 0.362. The largest absolute Gasteiger partial charge is 0.486 e. The van der Waals surface area contributed by atoms with Crippen molar-refractivity contribution in [3.8, 4) is 11.8 Å². The van der Waals surface area contributed by atoms with Gasteiger partial charge in [0.15, 0.2) is 0 Å². The summed E-state index contributed by atoms with van der Waals surface area (Å²) in [5.41, 5.74) is 5.85. The molecule has 0 N–H and O–H groups in total. The second-order valence-corrected chi connectivity index (χ2v) is 8.41. The first-order valence-corrected chi connectivity index (χ1v) is 11.3. The summed E-state index contributed by atoms with van der Waals surface area (Å²) in [5, 5.41) is 9.42. The summed E-state index contributed by atoms with van der Waals surface area (Å²) in [7, 11) is 0. The van der Waals surface area contributed by atoms with Gasteiger partial charge in [-0.1, -0.05) is 43.0 Å². The Kier molecular flexibility index (Phi) is 5.58. The Morgan fingerprint density at radius 2 is 1.94 bits per heavy atom. The third-order valence-electron chi connectivity index (χ3n) is 6.29. The molecule has 1 saturated heterocycles. The van der Waals surface area contributed by atoms with Crippen LogP contribution in [0.1, 0.15) is 42.8 Å². The highest BCUT2D eigenvalue weighted by molar-refractivity contribution is 5.78. The number of benzene rings is 3. The summed E-state index contributed by atoms with van der Waals surface area (Å²) >= 11 is 0. The summed E-state index contributed by atoms with van der Waals surface area (Å²) < 4.78 is 8.41. The number of anilines is 1. The maximum Gasteiger partial charge on any atom is 0.148 e. The van der Waals surface area contributed by atoms with E-state index in [1.807, 2.05) is 48.5 Å². The molecule has 5 rings (SSSR count). The van der Waals surface area contributed by atoms with E-state index in [1.54, 1.807) is 0 Å². The average molecular weight is 435 g/mol. The molecule has 0 spiro atoms. The van der Waals surface area contributed by atoms with Gasteiger partial charge in [0.2, 0.25) is 0 Å². The maximum atomic E-state index is 9.42. The number of allylic oxidation sites excluding steroid dienone is 1. The van der Waals surface area contributed by atoms with E-state index in [0.717, 1.165) is 53.4 Å². The highest BCUT2D eigenvalue weighted by Gasteiger charge is 2.19. The molecule has 2 heterocycles. The van der Waals surface area contributed by atoms with Crippen LogP contribution < -0.4 is 9.64 Å². The second-order valence-electron chi connectivity index (χ2n) is 8.41. The molecule has 164 valence electrons. The highest BCUT2D eigenvalue weighted by Crippen LogP contribution is 2.31. The molecule has 0 saturated carbocycles. The van der Waals surface area contributed by atoms with Gasteiger partial charge in [0.05, 0.1) is 28.7 Å². The molecule has 1 aliphatic rings. The van der Waals surface area contributed by atoms with Crippen molar-refractivity contribution >= 4 is 16.7 Å². The fourth-order valence-corrected chi connectivity index (χ4v) is 4.56. The normalized spacial score (nSPS) is 14.4. The lowest BCUT2D eigenvalue weighted by Crippen LogP contribution is -2.15. The Morgan fingerprint density at radius 1 is 1.09 bits per heavy atom. The number of nitriles is 1. The topological polar surface area (TPSA) is 54.1 Å². The van der Waals surface area contributed by atoms with Crippen LogP contribution in [-0.4, -0.2) is 16.1 Å². The van der Waals surface area contributed by atoms with Crippen LogP contribution in [0.4, 0.5) is 5.69 Å². The number of imidazole rings is 1. The first kappa shape index (κ1) is 20.8. The monoisotopic (exact) mass is 434 g/mol. The molecule has 1 fully saturated rings. The molecule has 1 aliphatic heterocycles. The van der Waals surface area contributed by atoms with Gasteiger partial charge in [-0.2, -0.15) is 5.26 Å². The van der Waals surface area contributed by atoms with Gasteiger partial charge >= 0.3 is 0 Å². The van der Waals surface area contributed by atoms with E-state index in [2.05, 4.69) is 53.3 Å². The molecular weight excluding hydrogens is 408 g/mol. The van der Waals surface area contributed by atoms with Crippen LogP contribution in [0.5, 0.6) is 5.75 Å². The minimum Gasteiger partial charge on any atom is -0.486 e. The van der Waals surface area contributed by atoms with Crippen LogP contribution in [0.3, 0.4) is 0 Å². The van der Waals surface area contributed by atoms with Gasteiger partial charge < -0.3 is 14.2 Å². The molecular formula is C28H26N4O. The van der Waals surface area contributed by atoms with Gasteiger partial charge in [0.1, 0.15) is 18.2 Å². The summed E-state index contributed by atoms with van der Waals surface area (Å²) in [5.74, 6) is 1.63. The molecule has 1 atom stereocenters. The van der Waals surface area contributed by atoms with Crippen molar-refractivity contribution in [2.45, 2.75) is 32.4 Å². The van der Waals surface area contributed by atoms with E-state index in [1.165, 1.54) is 5.56 Å². The van der Waals surface area contributed by atoms with Crippen molar-refractivity contribution in [2.24, 2.45) is 0 Å². The summed E-state index contributed by atoms with van der Waals surface area (Å²) in [6.45, 7) is 7.66. The first-order valence-electron chi connectivity index (χ1n) is 11.3. The standard InChI is InChI=1S/C28H26N4O/c1-20-8-7-15-31(20)24-11-6-12-25(17-24)33-19-28-30-26-14-13-22(18-29)16-27(26)32(28)21(2)23-9-4-3-5-10-23/h3-6,9-14,16-17,21H,1,7-8,15,19H2,2H3/t21-/m0/s1. The van der Waals surface area contributed by atoms with Crippen LogP contribution in [0.15, 0.2) is 85.1 Å². The molecule has 0 radical (unpaired) electrons. The summed E-state index contributed by atoms with van der Waals surface area (Å²) in [4.78, 5) is 7.12. The van der Waals surface area contributed by atoms with Crippen LogP contribution >= 0.6 is 0 Å².